The molecule has 0 radical (unpaired) electrons. The van der Waals surface area contributed by atoms with E-state index in [0.29, 0.717) is 17.4 Å². The van der Waals surface area contributed by atoms with Gasteiger partial charge in [0.2, 0.25) is 0 Å². The molecule has 0 saturated carbocycles. The molecule has 3 rings (SSSR count). The number of aryl methyl sites for hydroxylation is 1. The van der Waals surface area contributed by atoms with Crippen molar-refractivity contribution in [3.8, 4) is 0 Å². The van der Waals surface area contributed by atoms with Crippen molar-refractivity contribution in [2.24, 2.45) is 0 Å². The van der Waals surface area contributed by atoms with E-state index < -0.39 is 10.0 Å². The van der Waals surface area contributed by atoms with Crippen LogP contribution in [0.25, 0.3) is 0 Å². The molecule has 0 unspecified atom stereocenters. The number of hydrogen-bond acceptors (Lipinski definition) is 4. The molecule has 0 amide bonds. The van der Waals surface area contributed by atoms with Crippen molar-refractivity contribution in [1.29, 1.82) is 0 Å². The zero-order valence-electron chi connectivity index (χ0n) is 14.9. The van der Waals surface area contributed by atoms with Crippen LogP contribution in [0.5, 0.6) is 0 Å². The minimum atomic E-state index is -3.64. The third-order valence-corrected chi connectivity index (χ3v) is 7.31. The van der Waals surface area contributed by atoms with Crippen molar-refractivity contribution in [3.05, 3.63) is 87.8 Å². The highest BCUT2D eigenvalue weighted by atomic mass is 35.5. The smallest absolute Gasteiger partial charge is 0.250 e. The quantitative estimate of drug-likeness (QED) is 0.563. The lowest BCUT2D eigenvalue weighted by molar-refractivity contribution is 0.529. The zero-order chi connectivity index (χ0) is 19.3. The maximum Gasteiger partial charge on any atom is 0.250 e. The van der Waals surface area contributed by atoms with Crippen molar-refractivity contribution in [2.75, 3.05) is 6.54 Å². The van der Waals surface area contributed by atoms with Crippen LogP contribution in [0.4, 0.5) is 0 Å². The van der Waals surface area contributed by atoms with Gasteiger partial charge in [-0.25, -0.2) is 13.1 Å². The first-order valence-corrected chi connectivity index (χ1v) is 11.2. The van der Waals surface area contributed by atoms with Gasteiger partial charge in [-0.2, -0.15) is 0 Å². The summed E-state index contributed by atoms with van der Waals surface area (Å²) in [6, 6.07) is 20.5. The van der Waals surface area contributed by atoms with Crippen molar-refractivity contribution >= 4 is 33.0 Å². The lowest BCUT2D eigenvalue weighted by Crippen LogP contribution is -2.35. The van der Waals surface area contributed by atoms with Gasteiger partial charge in [0.15, 0.2) is 0 Å². The average Bonchev–Trinajstić information content (AvgIpc) is 3.11. The summed E-state index contributed by atoms with van der Waals surface area (Å²) in [7, 11) is -3.64. The Morgan fingerprint density at radius 3 is 2.33 bits per heavy atom. The van der Waals surface area contributed by atoms with E-state index in [0.717, 1.165) is 22.5 Å². The second-order valence-electron chi connectivity index (χ2n) is 6.26. The molecule has 0 aliphatic carbocycles. The second-order valence-corrected chi connectivity index (χ2v) is 9.92. The lowest BCUT2D eigenvalue weighted by atomic mass is 10.1. The zero-order valence-corrected chi connectivity index (χ0v) is 17.2. The molecular weight excluding hydrogens is 400 g/mol. The summed E-state index contributed by atoms with van der Waals surface area (Å²) in [6.07, 6.45) is 0. The van der Waals surface area contributed by atoms with Crippen LogP contribution in [0.1, 0.15) is 22.7 Å². The first-order valence-electron chi connectivity index (χ1n) is 8.53. The van der Waals surface area contributed by atoms with Crippen molar-refractivity contribution in [3.63, 3.8) is 0 Å². The number of hydrogen-bond donors (Lipinski definition) is 2. The van der Waals surface area contributed by atoms with Gasteiger partial charge in [-0.15, -0.1) is 11.3 Å². The third-order valence-electron chi connectivity index (χ3n) is 4.11. The number of thiophene rings is 1. The lowest BCUT2D eigenvalue weighted by Gasteiger charge is -2.19. The van der Waals surface area contributed by atoms with Gasteiger partial charge in [-0.3, -0.25) is 0 Å². The molecule has 0 saturated heterocycles. The van der Waals surface area contributed by atoms with E-state index >= 15 is 0 Å². The summed E-state index contributed by atoms with van der Waals surface area (Å²) < 4.78 is 28.9. The fourth-order valence-corrected chi connectivity index (χ4v) is 5.39. The molecule has 7 heteroatoms. The molecule has 27 heavy (non-hydrogen) atoms. The van der Waals surface area contributed by atoms with Crippen molar-refractivity contribution < 1.29 is 8.42 Å². The highest BCUT2D eigenvalue weighted by Crippen LogP contribution is 2.27. The summed E-state index contributed by atoms with van der Waals surface area (Å²) in [5.41, 5.74) is 3.27. The highest BCUT2D eigenvalue weighted by molar-refractivity contribution is 7.91. The molecule has 3 aromatic rings. The number of rotatable bonds is 8. The van der Waals surface area contributed by atoms with Gasteiger partial charge in [0, 0.05) is 13.1 Å². The number of nitrogens with one attached hydrogen (secondary N) is 2. The largest absolute Gasteiger partial charge is 0.311 e. The molecule has 0 aliphatic rings. The maximum atomic E-state index is 12.7. The SMILES string of the molecule is Cc1ccc(CNC[C@H](NS(=O)(=O)c2ccc(Cl)s2)c2ccccc2)cc1. The summed E-state index contributed by atoms with van der Waals surface area (Å²) in [6.45, 7) is 3.18. The van der Waals surface area contributed by atoms with Gasteiger partial charge in [0.05, 0.1) is 10.4 Å². The minimum Gasteiger partial charge on any atom is -0.311 e. The van der Waals surface area contributed by atoms with Crippen LogP contribution >= 0.6 is 22.9 Å². The fraction of sp³-hybridized carbons (Fsp3) is 0.200. The Balaban J connectivity index is 1.72. The number of sulfonamides is 1. The van der Waals surface area contributed by atoms with Gasteiger partial charge >= 0.3 is 0 Å². The average molecular weight is 421 g/mol. The Morgan fingerprint density at radius 1 is 1.00 bits per heavy atom. The predicted molar refractivity (Wildman–Crippen MR) is 112 cm³/mol. The van der Waals surface area contributed by atoms with Crippen LogP contribution in [0.2, 0.25) is 4.34 Å². The van der Waals surface area contributed by atoms with Crippen molar-refractivity contribution in [2.45, 2.75) is 23.7 Å². The highest BCUT2D eigenvalue weighted by Gasteiger charge is 2.22. The van der Waals surface area contributed by atoms with Gasteiger partial charge < -0.3 is 5.32 Å². The van der Waals surface area contributed by atoms with E-state index in [1.54, 1.807) is 6.07 Å². The number of benzene rings is 2. The number of halogens is 1. The summed E-state index contributed by atoms with van der Waals surface area (Å²) in [5, 5.41) is 3.35. The monoisotopic (exact) mass is 420 g/mol. The van der Waals surface area contributed by atoms with Gasteiger partial charge in [-0.1, -0.05) is 71.8 Å². The van der Waals surface area contributed by atoms with Crippen LogP contribution in [-0.4, -0.2) is 15.0 Å². The topological polar surface area (TPSA) is 58.2 Å². The molecule has 0 spiro atoms. The Labute approximate surface area is 169 Å². The molecule has 2 aromatic carbocycles. The minimum absolute atomic E-state index is 0.215. The molecule has 1 aromatic heterocycles. The molecule has 0 bridgehead atoms. The van der Waals surface area contributed by atoms with Gasteiger partial charge in [-0.05, 0) is 30.2 Å². The molecule has 2 N–H and O–H groups in total. The van der Waals surface area contributed by atoms with E-state index in [1.807, 2.05) is 37.3 Å². The second kappa shape index (κ2) is 8.99. The summed E-state index contributed by atoms with van der Waals surface area (Å²) in [4.78, 5) is 0. The van der Waals surface area contributed by atoms with Crippen LogP contribution in [0, 0.1) is 6.92 Å². The van der Waals surface area contributed by atoms with Gasteiger partial charge in [0.1, 0.15) is 4.21 Å². The standard InChI is InChI=1S/C20H21ClN2O2S2/c1-15-7-9-16(10-8-15)13-22-14-18(17-5-3-2-4-6-17)23-27(24,25)20-12-11-19(21)26-20/h2-12,18,22-23H,13-14H2,1H3/t18-/m0/s1. The van der Waals surface area contributed by atoms with E-state index in [2.05, 4.69) is 34.3 Å². The summed E-state index contributed by atoms with van der Waals surface area (Å²) in [5.74, 6) is 0. The maximum absolute atomic E-state index is 12.7. The van der Waals surface area contributed by atoms with Gasteiger partial charge in [0.25, 0.3) is 10.0 Å². The van der Waals surface area contributed by atoms with Crippen LogP contribution in [0.3, 0.4) is 0 Å². The molecule has 1 atom stereocenters. The summed E-state index contributed by atoms with van der Waals surface area (Å²) >= 11 is 6.94. The Kier molecular flexibility index (Phi) is 6.68. The van der Waals surface area contributed by atoms with Crippen molar-refractivity contribution in [1.82, 2.24) is 10.0 Å². The van der Waals surface area contributed by atoms with Crippen LogP contribution in [0.15, 0.2) is 70.9 Å². The first kappa shape index (κ1) is 20.0. The Bertz CT molecular complexity index is 971. The molecule has 4 nitrogen and oxygen atoms in total. The first-order chi connectivity index (χ1) is 12.9. The Hall–Kier alpha value is -1.70. The molecule has 0 aliphatic heterocycles. The molecule has 0 fully saturated rings. The van der Waals surface area contributed by atoms with E-state index in [1.165, 1.54) is 11.6 Å². The molecular formula is C20H21ClN2O2S2. The molecule has 142 valence electrons. The third kappa shape index (κ3) is 5.64. The fourth-order valence-electron chi connectivity index (χ4n) is 2.67. The van der Waals surface area contributed by atoms with E-state index in [-0.39, 0.29) is 10.3 Å². The Morgan fingerprint density at radius 2 is 1.70 bits per heavy atom. The molecule has 1 heterocycles. The van der Waals surface area contributed by atoms with E-state index in [9.17, 15) is 8.42 Å². The van der Waals surface area contributed by atoms with Crippen LogP contribution < -0.4 is 10.0 Å². The van der Waals surface area contributed by atoms with Crippen LogP contribution in [-0.2, 0) is 16.6 Å². The van der Waals surface area contributed by atoms with E-state index in [4.69, 9.17) is 11.6 Å². The predicted octanol–water partition coefficient (Wildman–Crippen LogP) is 4.52. The normalized spacial score (nSPS) is 12.8.